The standard InChI is InChI=1S/C17H19N5O3.C2HF3O2/c1-23-12-5-3-2-4-11(12)15(18)16-20-14(25-22-16)8-17(9-19-10-17)13-6-7-24-21-13;3-2(4,5)1(6)7/h2-7,15,19H,8-10,18H2,1H3;(H,6,7). The lowest BCUT2D eigenvalue weighted by Gasteiger charge is -2.39. The maximum atomic E-state index is 10.6. The number of aromatic nitrogens is 3. The smallest absolute Gasteiger partial charge is 0.490 e. The monoisotopic (exact) mass is 455 g/mol. The number of rotatable bonds is 6. The highest BCUT2D eigenvalue weighted by Gasteiger charge is 2.43. The van der Waals surface area contributed by atoms with E-state index in [2.05, 4.69) is 20.6 Å². The highest BCUT2D eigenvalue weighted by Crippen LogP contribution is 2.32. The van der Waals surface area contributed by atoms with Crippen LogP contribution in [-0.4, -0.2) is 52.7 Å². The molecule has 10 nitrogen and oxygen atoms in total. The Balaban J connectivity index is 0.000000360. The molecule has 2 aromatic heterocycles. The molecule has 0 amide bonds. The molecule has 0 aliphatic carbocycles. The van der Waals surface area contributed by atoms with Crippen molar-refractivity contribution >= 4 is 5.97 Å². The van der Waals surface area contributed by atoms with E-state index < -0.39 is 18.2 Å². The summed E-state index contributed by atoms with van der Waals surface area (Å²) in [4.78, 5) is 13.4. The second kappa shape index (κ2) is 9.36. The molecule has 3 aromatic rings. The Hall–Kier alpha value is -3.45. The lowest BCUT2D eigenvalue weighted by atomic mass is 9.75. The molecule has 3 heterocycles. The van der Waals surface area contributed by atoms with Gasteiger partial charge in [-0.25, -0.2) is 4.79 Å². The van der Waals surface area contributed by atoms with Gasteiger partial charge in [0.05, 0.1) is 18.8 Å². The first kappa shape index (κ1) is 23.2. The Morgan fingerprint density at radius 2 is 2.00 bits per heavy atom. The molecule has 13 heteroatoms. The number of nitrogens with zero attached hydrogens (tertiary/aromatic N) is 3. The van der Waals surface area contributed by atoms with Gasteiger partial charge in [-0.3, -0.25) is 0 Å². The fraction of sp³-hybridized carbons (Fsp3) is 0.368. The lowest BCUT2D eigenvalue weighted by Crippen LogP contribution is -2.58. The molecule has 172 valence electrons. The minimum Gasteiger partial charge on any atom is -0.496 e. The molecule has 0 radical (unpaired) electrons. The van der Waals surface area contributed by atoms with Gasteiger partial charge in [-0.1, -0.05) is 28.5 Å². The predicted octanol–water partition coefficient (Wildman–Crippen LogP) is 1.83. The second-order valence-corrected chi connectivity index (χ2v) is 7.01. The van der Waals surface area contributed by atoms with Gasteiger partial charge in [-0.15, -0.1) is 0 Å². The van der Waals surface area contributed by atoms with Gasteiger partial charge in [0.25, 0.3) is 0 Å². The van der Waals surface area contributed by atoms with Gasteiger partial charge < -0.3 is 29.9 Å². The molecule has 1 saturated heterocycles. The molecule has 1 aliphatic heterocycles. The summed E-state index contributed by atoms with van der Waals surface area (Å²) < 4.78 is 47.5. The van der Waals surface area contributed by atoms with E-state index in [9.17, 15) is 13.2 Å². The van der Waals surface area contributed by atoms with E-state index in [0.717, 1.165) is 24.3 Å². The van der Waals surface area contributed by atoms with Crippen molar-refractivity contribution in [2.75, 3.05) is 20.2 Å². The number of hydrogen-bond acceptors (Lipinski definition) is 9. The van der Waals surface area contributed by atoms with E-state index >= 15 is 0 Å². The summed E-state index contributed by atoms with van der Waals surface area (Å²) in [6.07, 6.45) is -2.93. The Bertz CT molecular complexity index is 1030. The van der Waals surface area contributed by atoms with E-state index in [4.69, 9.17) is 29.4 Å². The highest BCUT2D eigenvalue weighted by atomic mass is 19.4. The summed E-state index contributed by atoms with van der Waals surface area (Å²) >= 11 is 0. The summed E-state index contributed by atoms with van der Waals surface area (Å²) in [6, 6.07) is 8.90. The normalized spacial score (nSPS) is 15.8. The Labute approximate surface area is 179 Å². The summed E-state index contributed by atoms with van der Waals surface area (Å²) in [5.41, 5.74) is 7.83. The molecule has 1 aromatic carbocycles. The van der Waals surface area contributed by atoms with Crippen LogP contribution in [0.25, 0.3) is 0 Å². The molecular formula is C19H20F3N5O5. The minimum atomic E-state index is -5.08. The van der Waals surface area contributed by atoms with E-state index in [0.29, 0.717) is 23.9 Å². The number of para-hydroxylation sites is 1. The Kier molecular flexibility index (Phi) is 6.79. The number of aliphatic carboxylic acids is 1. The molecule has 32 heavy (non-hydrogen) atoms. The van der Waals surface area contributed by atoms with Gasteiger partial charge in [0.15, 0.2) is 5.82 Å². The van der Waals surface area contributed by atoms with Crippen LogP contribution in [0.4, 0.5) is 13.2 Å². The van der Waals surface area contributed by atoms with E-state index in [-0.39, 0.29) is 5.41 Å². The molecule has 1 unspecified atom stereocenters. The second-order valence-electron chi connectivity index (χ2n) is 7.01. The molecule has 1 atom stereocenters. The van der Waals surface area contributed by atoms with Crippen LogP contribution in [-0.2, 0) is 16.6 Å². The van der Waals surface area contributed by atoms with Crippen LogP contribution in [0.5, 0.6) is 5.75 Å². The number of carboxylic acid groups (broad SMARTS) is 1. The third-order valence-corrected chi connectivity index (χ3v) is 4.88. The van der Waals surface area contributed by atoms with E-state index in [1.54, 1.807) is 13.4 Å². The number of alkyl halides is 3. The minimum absolute atomic E-state index is 0.175. The van der Waals surface area contributed by atoms with E-state index in [1.165, 1.54) is 0 Å². The maximum Gasteiger partial charge on any atom is 0.490 e. The van der Waals surface area contributed by atoms with Crippen molar-refractivity contribution in [2.45, 2.75) is 24.1 Å². The highest BCUT2D eigenvalue weighted by molar-refractivity contribution is 5.73. The van der Waals surface area contributed by atoms with Crippen LogP contribution >= 0.6 is 0 Å². The molecule has 0 spiro atoms. The predicted molar refractivity (Wildman–Crippen MR) is 102 cm³/mol. The average molecular weight is 455 g/mol. The van der Waals surface area contributed by atoms with Crippen LogP contribution in [0.1, 0.15) is 29.0 Å². The summed E-state index contributed by atoms with van der Waals surface area (Å²) in [7, 11) is 1.61. The number of benzene rings is 1. The lowest BCUT2D eigenvalue weighted by molar-refractivity contribution is -0.192. The van der Waals surface area contributed by atoms with Crippen molar-refractivity contribution in [3.05, 3.63) is 59.6 Å². The van der Waals surface area contributed by atoms with Gasteiger partial charge >= 0.3 is 12.1 Å². The number of methoxy groups -OCH3 is 1. The zero-order chi connectivity index (χ0) is 23.4. The third kappa shape index (κ3) is 5.06. The Morgan fingerprint density at radius 3 is 2.53 bits per heavy atom. The number of nitrogens with two attached hydrogens (primary N) is 1. The van der Waals surface area contributed by atoms with Crippen molar-refractivity contribution in [3.8, 4) is 5.75 Å². The summed E-state index contributed by atoms with van der Waals surface area (Å²) in [5, 5.41) is 18.5. The number of hydrogen-bond donors (Lipinski definition) is 3. The first-order valence-electron chi connectivity index (χ1n) is 9.29. The van der Waals surface area contributed by atoms with Gasteiger partial charge in [0.2, 0.25) is 5.89 Å². The molecular weight excluding hydrogens is 435 g/mol. The van der Waals surface area contributed by atoms with Crippen LogP contribution < -0.4 is 15.8 Å². The maximum absolute atomic E-state index is 10.6. The zero-order valence-electron chi connectivity index (χ0n) is 16.8. The van der Waals surface area contributed by atoms with Crippen LogP contribution in [0.2, 0.25) is 0 Å². The number of halogens is 3. The van der Waals surface area contributed by atoms with Crippen molar-refractivity contribution in [2.24, 2.45) is 5.73 Å². The summed E-state index contributed by atoms with van der Waals surface area (Å²) in [6.45, 7) is 1.58. The van der Waals surface area contributed by atoms with Crippen molar-refractivity contribution in [3.63, 3.8) is 0 Å². The molecule has 4 rings (SSSR count). The number of ether oxygens (including phenoxy) is 1. The fourth-order valence-electron chi connectivity index (χ4n) is 3.13. The Morgan fingerprint density at radius 1 is 1.31 bits per heavy atom. The summed E-state index contributed by atoms with van der Waals surface area (Å²) in [5.74, 6) is -1.09. The average Bonchev–Trinajstić information content (AvgIpc) is 3.42. The fourth-order valence-corrected chi connectivity index (χ4v) is 3.13. The first-order chi connectivity index (χ1) is 15.2. The number of carboxylic acids is 1. The van der Waals surface area contributed by atoms with E-state index in [1.807, 2.05) is 30.3 Å². The van der Waals surface area contributed by atoms with Gasteiger partial charge in [-0.05, 0) is 6.07 Å². The van der Waals surface area contributed by atoms with Crippen LogP contribution in [0, 0.1) is 0 Å². The van der Waals surface area contributed by atoms with Gasteiger partial charge in [-0.2, -0.15) is 18.2 Å². The molecule has 0 bridgehead atoms. The SMILES string of the molecule is COc1ccccc1C(N)c1noc(CC2(c3ccon3)CNC2)n1.O=C(O)C(F)(F)F. The number of carbonyl (C=O) groups is 1. The number of nitrogens with one attached hydrogen (secondary N) is 1. The van der Waals surface area contributed by atoms with Crippen molar-refractivity contribution in [1.82, 2.24) is 20.6 Å². The van der Waals surface area contributed by atoms with Crippen molar-refractivity contribution < 1.29 is 36.9 Å². The third-order valence-electron chi connectivity index (χ3n) is 4.88. The molecule has 0 saturated carbocycles. The van der Waals surface area contributed by atoms with Crippen LogP contribution in [0.15, 0.2) is 45.6 Å². The topological polar surface area (TPSA) is 150 Å². The molecule has 4 N–H and O–H groups in total. The first-order valence-corrected chi connectivity index (χ1v) is 9.29. The zero-order valence-corrected chi connectivity index (χ0v) is 16.8. The van der Waals surface area contributed by atoms with Crippen LogP contribution in [0.3, 0.4) is 0 Å². The van der Waals surface area contributed by atoms with Crippen molar-refractivity contribution in [1.29, 1.82) is 0 Å². The largest absolute Gasteiger partial charge is 0.496 e. The molecule has 1 aliphatic rings. The van der Waals surface area contributed by atoms with Gasteiger partial charge in [0.1, 0.15) is 12.0 Å². The quantitative estimate of drug-likeness (QED) is 0.502. The van der Waals surface area contributed by atoms with Gasteiger partial charge in [0, 0.05) is 36.6 Å². The molecule has 1 fully saturated rings.